The van der Waals surface area contributed by atoms with Crippen LogP contribution < -0.4 is 5.32 Å². The zero-order valence-electron chi connectivity index (χ0n) is 12.6. The van der Waals surface area contributed by atoms with Gasteiger partial charge in [0.05, 0.1) is 5.69 Å². The maximum Gasteiger partial charge on any atom is 0.143 e. The van der Waals surface area contributed by atoms with Crippen molar-refractivity contribution in [2.24, 2.45) is 0 Å². The second kappa shape index (κ2) is 6.95. The molecule has 0 saturated carbocycles. The summed E-state index contributed by atoms with van der Waals surface area (Å²) in [6.07, 6.45) is 2.63. The lowest BCUT2D eigenvalue weighted by atomic mass is 10.1. The molecule has 0 saturated heterocycles. The molecule has 1 aromatic heterocycles. The van der Waals surface area contributed by atoms with Crippen molar-refractivity contribution in [1.82, 2.24) is 25.5 Å². The lowest BCUT2D eigenvalue weighted by Gasteiger charge is -2.15. The molecule has 1 atom stereocenters. The quantitative estimate of drug-likeness (QED) is 0.759. The van der Waals surface area contributed by atoms with Crippen LogP contribution in [0.5, 0.6) is 0 Å². The van der Waals surface area contributed by atoms with Crippen LogP contribution in [0.4, 0.5) is 0 Å². The van der Waals surface area contributed by atoms with E-state index in [2.05, 4.69) is 64.2 Å². The van der Waals surface area contributed by atoms with Gasteiger partial charge in [-0.1, -0.05) is 42.5 Å². The van der Waals surface area contributed by atoms with E-state index < -0.39 is 0 Å². The topological polar surface area (TPSA) is 55.6 Å². The van der Waals surface area contributed by atoms with E-state index >= 15 is 0 Å². The van der Waals surface area contributed by atoms with E-state index in [0.29, 0.717) is 0 Å². The highest BCUT2D eigenvalue weighted by Gasteiger charge is 2.06. The molecule has 3 rings (SSSR count). The number of nitrogens with zero attached hydrogens (tertiary/aromatic N) is 4. The number of benzene rings is 2. The smallest absolute Gasteiger partial charge is 0.143 e. The third-order valence-corrected chi connectivity index (χ3v) is 3.69. The molecule has 0 fully saturated rings. The van der Waals surface area contributed by atoms with E-state index in [1.165, 1.54) is 11.1 Å². The van der Waals surface area contributed by atoms with Crippen LogP contribution in [-0.4, -0.2) is 26.8 Å². The van der Waals surface area contributed by atoms with E-state index in [1.807, 2.05) is 18.2 Å². The van der Waals surface area contributed by atoms with Gasteiger partial charge >= 0.3 is 0 Å². The minimum atomic E-state index is 0.278. The van der Waals surface area contributed by atoms with Crippen LogP contribution in [0, 0.1) is 0 Å². The number of rotatable bonds is 6. The van der Waals surface area contributed by atoms with Gasteiger partial charge in [0.2, 0.25) is 0 Å². The van der Waals surface area contributed by atoms with Crippen molar-refractivity contribution in [3.8, 4) is 5.69 Å². The molecule has 0 aliphatic carbocycles. The SMILES string of the molecule is CC(NCCc1ccccc1)c1cccc(-n2cnnn2)c1. The Kier molecular flexibility index (Phi) is 4.56. The molecule has 0 spiro atoms. The summed E-state index contributed by atoms with van der Waals surface area (Å²) >= 11 is 0. The molecule has 0 aliphatic rings. The first-order chi connectivity index (χ1) is 10.8. The fourth-order valence-corrected chi connectivity index (χ4v) is 2.41. The molecule has 5 nitrogen and oxygen atoms in total. The molecule has 112 valence electrons. The summed E-state index contributed by atoms with van der Waals surface area (Å²) in [5.41, 5.74) is 3.55. The zero-order valence-corrected chi connectivity index (χ0v) is 12.6. The van der Waals surface area contributed by atoms with Gasteiger partial charge in [0.15, 0.2) is 0 Å². The Balaban J connectivity index is 1.60. The Labute approximate surface area is 130 Å². The van der Waals surface area contributed by atoms with Crippen LogP contribution in [0.1, 0.15) is 24.1 Å². The van der Waals surface area contributed by atoms with Crippen LogP contribution in [0.15, 0.2) is 60.9 Å². The highest BCUT2D eigenvalue weighted by molar-refractivity contribution is 5.35. The average Bonchev–Trinajstić information content (AvgIpc) is 3.10. The number of hydrogen-bond acceptors (Lipinski definition) is 4. The fourth-order valence-electron chi connectivity index (χ4n) is 2.41. The lowest BCUT2D eigenvalue weighted by molar-refractivity contribution is 0.576. The summed E-state index contributed by atoms with van der Waals surface area (Å²) in [6, 6.07) is 19.0. The summed E-state index contributed by atoms with van der Waals surface area (Å²) in [5.74, 6) is 0. The van der Waals surface area contributed by atoms with Crippen LogP contribution in [-0.2, 0) is 6.42 Å². The van der Waals surface area contributed by atoms with Crippen LogP contribution in [0.2, 0.25) is 0 Å². The largest absolute Gasteiger partial charge is 0.310 e. The molecule has 0 bridgehead atoms. The van der Waals surface area contributed by atoms with Crippen molar-refractivity contribution >= 4 is 0 Å². The molecule has 3 aromatic rings. The Morgan fingerprint density at radius 2 is 1.95 bits per heavy atom. The van der Waals surface area contributed by atoms with Gasteiger partial charge in [-0.15, -0.1) is 5.10 Å². The van der Waals surface area contributed by atoms with Gasteiger partial charge < -0.3 is 5.32 Å². The zero-order chi connectivity index (χ0) is 15.2. The molecular formula is C17H19N5. The third kappa shape index (κ3) is 3.56. The maximum absolute atomic E-state index is 3.92. The highest BCUT2D eigenvalue weighted by atomic mass is 15.5. The summed E-state index contributed by atoms with van der Waals surface area (Å²) in [5, 5.41) is 14.8. The minimum Gasteiger partial charge on any atom is -0.310 e. The van der Waals surface area contributed by atoms with Gasteiger partial charge in [0.1, 0.15) is 6.33 Å². The first kappa shape index (κ1) is 14.4. The van der Waals surface area contributed by atoms with Gasteiger partial charge in [-0.3, -0.25) is 0 Å². The summed E-state index contributed by atoms with van der Waals surface area (Å²) < 4.78 is 1.67. The van der Waals surface area contributed by atoms with E-state index in [1.54, 1.807) is 11.0 Å². The fraction of sp³-hybridized carbons (Fsp3) is 0.235. The second-order valence-corrected chi connectivity index (χ2v) is 5.26. The summed E-state index contributed by atoms with van der Waals surface area (Å²) in [4.78, 5) is 0. The van der Waals surface area contributed by atoms with Crippen molar-refractivity contribution in [3.63, 3.8) is 0 Å². The normalized spacial score (nSPS) is 12.2. The highest BCUT2D eigenvalue weighted by Crippen LogP contribution is 2.16. The molecule has 2 aromatic carbocycles. The third-order valence-electron chi connectivity index (χ3n) is 3.69. The lowest BCUT2D eigenvalue weighted by Crippen LogP contribution is -2.21. The van der Waals surface area contributed by atoms with Crippen molar-refractivity contribution in [2.75, 3.05) is 6.54 Å². The van der Waals surface area contributed by atoms with Crippen molar-refractivity contribution in [2.45, 2.75) is 19.4 Å². The van der Waals surface area contributed by atoms with Gasteiger partial charge in [0, 0.05) is 6.04 Å². The molecule has 1 unspecified atom stereocenters. The Morgan fingerprint density at radius 3 is 2.73 bits per heavy atom. The number of nitrogens with one attached hydrogen (secondary N) is 1. The Hall–Kier alpha value is -2.53. The van der Waals surface area contributed by atoms with Gasteiger partial charge in [-0.2, -0.15) is 0 Å². The molecule has 1 N–H and O–H groups in total. The van der Waals surface area contributed by atoms with E-state index in [9.17, 15) is 0 Å². The van der Waals surface area contributed by atoms with Crippen molar-refractivity contribution in [3.05, 3.63) is 72.1 Å². The van der Waals surface area contributed by atoms with Crippen molar-refractivity contribution in [1.29, 1.82) is 0 Å². The average molecular weight is 293 g/mol. The Morgan fingerprint density at radius 1 is 1.09 bits per heavy atom. The van der Waals surface area contributed by atoms with E-state index in [4.69, 9.17) is 0 Å². The number of hydrogen-bond donors (Lipinski definition) is 1. The maximum atomic E-state index is 3.92. The number of aromatic nitrogens is 4. The van der Waals surface area contributed by atoms with Crippen LogP contribution in [0.25, 0.3) is 5.69 Å². The van der Waals surface area contributed by atoms with Gasteiger partial charge in [0.25, 0.3) is 0 Å². The van der Waals surface area contributed by atoms with Crippen molar-refractivity contribution < 1.29 is 0 Å². The van der Waals surface area contributed by atoms with E-state index in [-0.39, 0.29) is 6.04 Å². The number of tetrazole rings is 1. The first-order valence-electron chi connectivity index (χ1n) is 7.43. The van der Waals surface area contributed by atoms with Crippen LogP contribution in [0.3, 0.4) is 0 Å². The van der Waals surface area contributed by atoms with Gasteiger partial charge in [-0.05, 0) is 53.6 Å². The summed E-state index contributed by atoms with van der Waals surface area (Å²) in [6.45, 7) is 3.12. The molecule has 22 heavy (non-hydrogen) atoms. The monoisotopic (exact) mass is 293 g/mol. The van der Waals surface area contributed by atoms with Gasteiger partial charge in [-0.25, -0.2) is 4.68 Å². The molecule has 1 heterocycles. The predicted octanol–water partition coefficient (Wildman–Crippen LogP) is 2.56. The standard InChI is InChI=1S/C17H19N5/c1-14(18-11-10-15-6-3-2-4-7-15)16-8-5-9-17(12-16)22-13-19-20-21-22/h2-9,12-14,18H,10-11H2,1H3. The second-order valence-electron chi connectivity index (χ2n) is 5.26. The minimum absolute atomic E-state index is 0.278. The molecule has 5 heteroatoms. The molecule has 0 radical (unpaired) electrons. The van der Waals surface area contributed by atoms with E-state index in [0.717, 1.165) is 18.7 Å². The molecular weight excluding hydrogens is 274 g/mol. The molecule has 0 aliphatic heterocycles. The Bertz CT molecular complexity index is 694. The predicted molar refractivity (Wildman–Crippen MR) is 85.7 cm³/mol. The molecule has 0 amide bonds. The van der Waals surface area contributed by atoms with Crippen LogP contribution >= 0.6 is 0 Å². The summed E-state index contributed by atoms with van der Waals surface area (Å²) in [7, 11) is 0. The first-order valence-corrected chi connectivity index (χ1v) is 7.43.